The molecule has 3 rings (SSSR count). The standard InChI is InChI=1S/C22H25N5O6/c1-11-14(17-18(24-11)26-22(23)27-20(17)31)4-2-3-12-5-7-13(8-6-12)19(30)25-15(21(32)33)9-10-16(28)29/h5-8,15H,2-4,9-10H2,1H3,(H,25,30)(H,28,29)(H,32,33)(H4,23,24,26,27,31)/t15-/m0/s1. The molecule has 0 unspecified atom stereocenters. The van der Waals surface area contributed by atoms with Crippen LogP contribution in [0.3, 0.4) is 0 Å². The number of nitrogen functional groups attached to an aromatic ring is 1. The third kappa shape index (κ3) is 5.76. The van der Waals surface area contributed by atoms with Crippen molar-refractivity contribution in [1.82, 2.24) is 20.3 Å². The van der Waals surface area contributed by atoms with Crippen LogP contribution in [-0.4, -0.2) is 49.1 Å². The Kier molecular flexibility index (Phi) is 7.11. The monoisotopic (exact) mass is 455 g/mol. The highest BCUT2D eigenvalue weighted by molar-refractivity contribution is 5.96. The molecule has 11 heteroatoms. The molecule has 174 valence electrons. The van der Waals surface area contributed by atoms with Gasteiger partial charge in [-0.2, -0.15) is 4.98 Å². The summed E-state index contributed by atoms with van der Waals surface area (Å²) in [5.74, 6) is -2.95. The third-order valence-corrected chi connectivity index (χ3v) is 5.36. The van der Waals surface area contributed by atoms with Crippen LogP contribution in [-0.2, 0) is 22.4 Å². The van der Waals surface area contributed by atoms with Crippen molar-refractivity contribution in [3.8, 4) is 0 Å². The number of carbonyl (C=O) groups is 3. The zero-order chi connectivity index (χ0) is 24.1. The molecule has 0 aliphatic heterocycles. The molecule has 2 aromatic heterocycles. The van der Waals surface area contributed by atoms with E-state index in [-0.39, 0.29) is 29.9 Å². The Morgan fingerprint density at radius 1 is 1.12 bits per heavy atom. The van der Waals surface area contributed by atoms with Crippen LogP contribution in [0.1, 0.15) is 46.4 Å². The maximum atomic E-state index is 12.3. The molecular formula is C22H25N5O6. The Bertz CT molecular complexity index is 1240. The van der Waals surface area contributed by atoms with Gasteiger partial charge in [-0.3, -0.25) is 19.4 Å². The van der Waals surface area contributed by atoms with Gasteiger partial charge in [0.1, 0.15) is 11.7 Å². The molecule has 0 fully saturated rings. The van der Waals surface area contributed by atoms with E-state index in [4.69, 9.17) is 10.8 Å². The second-order valence-corrected chi connectivity index (χ2v) is 7.75. The number of nitrogens with two attached hydrogens (primary N) is 1. The van der Waals surface area contributed by atoms with E-state index < -0.39 is 23.9 Å². The summed E-state index contributed by atoms with van der Waals surface area (Å²) < 4.78 is 0. The zero-order valence-electron chi connectivity index (χ0n) is 18.0. The molecule has 0 aliphatic rings. The first-order chi connectivity index (χ1) is 15.7. The summed E-state index contributed by atoms with van der Waals surface area (Å²) in [6.45, 7) is 1.88. The van der Waals surface area contributed by atoms with E-state index in [1.807, 2.05) is 6.92 Å². The van der Waals surface area contributed by atoms with Gasteiger partial charge in [-0.05, 0) is 55.9 Å². The van der Waals surface area contributed by atoms with Crippen molar-refractivity contribution in [2.45, 2.75) is 45.1 Å². The molecule has 0 radical (unpaired) electrons. The lowest BCUT2D eigenvalue weighted by molar-refractivity contribution is -0.140. The molecule has 33 heavy (non-hydrogen) atoms. The number of fused-ring (bicyclic) bond motifs is 1. The fourth-order valence-electron chi connectivity index (χ4n) is 3.67. The van der Waals surface area contributed by atoms with Crippen LogP contribution in [0.15, 0.2) is 29.1 Å². The molecular weight excluding hydrogens is 430 g/mol. The SMILES string of the molecule is Cc1[nH]c2nc(N)[nH]c(=O)c2c1CCCc1ccc(C(=O)N[C@@H](CCC(=O)O)C(=O)O)cc1. The summed E-state index contributed by atoms with van der Waals surface area (Å²) in [4.78, 5) is 56.2. The summed E-state index contributed by atoms with van der Waals surface area (Å²) in [6, 6.07) is 5.46. The van der Waals surface area contributed by atoms with E-state index in [1.54, 1.807) is 24.3 Å². The van der Waals surface area contributed by atoms with Crippen LogP contribution in [0.2, 0.25) is 0 Å². The molecule has 1 amide bonds. The molecule has 11 nitrogen and oxygen atoms in total. The molecule has 1 aromatic carbocycles. The molecule has 3 aromatic rings. The minimum atomic E-state index is -1.29. The normalized spacial score (nSPS) is 11.9. The molecule has 2 heterocycles. The van der Waals surface area contributed by atoms with Gasteiger partial charge in [0.05, 0.1) is 5.39 Å². The van der Waals surface area contributed by atoms with Gasteiger partial charge in [-0.15, -0.1) is 0 Å². The first-order valence-corrected chi connectivity index (χ1v) is 10.4. The van der Waals surface area contributed by atoms with E-state index in [0.29, 0.717) is 23.9 Å². The lowest BCUT2D eigenvalue weighted by Crippen LogP contribution is -2.41. The highest BCUT2D eigenvalue weighted by atomic mass is 16.4. The second-order valence-electron chi connectivity index (χ2n) is 7.75. The van der Waals surface area contributed by atoms with E-state index >= 15 is 0 Å². The molecule has 0 spiro atoms. The second kappa shape index (κ2) is 9.98. The van der Waals surface area contributed by atoms with Crippen molar-refractivity contribution in [3.05, 3.63) is 57.0 Å². The van der Waals surface area contributed by atoms with Crippen LogP contribution >= 0.6 is 0 Å². The van der Waals surface area contributed by atoms with Crippen LogP contribution < -0.4 is 16.6 Å². The number of carbonyl (C=O) groups excluding carboxylic acids is 1. The van der Waals surface area contributed by atoms with Crippen LogP contribution in [0.5, 0.6) is 0 Å². The number of anilines is 1. The van der Waals surface area contributed by atoms with Crippen molar-refractivity contribution < 1.29 is 24.6 Å². The lowest BCUT2D eigenvalue weighted by Gasteiger charge is -2.13. The summed E-state index contributed by atoms with van der Waals surface area (Å²) in [5, 5.41) is 20.7. The van der Waals surface area contributed by atoms with Crippen LogP contribution in [0.4, 0.5) is 5.95 Å². The highest BCUT2D eigenvalue weighted by Crippen LogP contribution is 2.20. The Morgan fingerprint density at radius 2 is 1.82 bits per heavy atom. The number of hydrogen-bond donors (Lipinski definition) is 6. The Balaban J connectivity index is 1.60. The van der Waals surface area contributed by atoms with Crippen molar-refractivity contribution in [2.75, 3.05) is 5.73 Å². The largest absolute Gasteiger partial charge is 0.481 e. The number of H-pyrrole nitrogens is 2. The lowest BCUT2D eigenvalue weighted by atomic mass is 10.0. The fourth-order valence-corrected chi connectivity index (χ4v) is 3.67. The van der Waals surface area contributed by atoms with E-state index in [0.717, 1.165) is 23.2 Å². The maximum Gasteiger partial charge on any atom is 0.326 e. The van der Waals surface area contributed by atoms with Gasteiger partial charge in [-0.25, -0.2) is 4.79 Å². The number of carboxylic acids is 2. The number of hydrogen-bond acceptors (Lipinski definition) is 6. The van der Waals surface area contributed by atoms with Crippen molar-refractivity contribution in [3.63, 3.8) is 0 Å². The Hall–Kier alpha value is -4.15. The van der Waals surface area contributed by atoms with E-state index in [2.05, 4.69) is 20.3 Å². The number of aliphatic carboxylic acids is 2. The number of carboxylic acid groups (broad SMARTS) is 2. The summed E-state index contributed by atoms with van der Waals surface area (Å²) in [7, 11) is 0. The number of amides is 1. The molecule has 0 saturated carbocycles. The third-order valence-electron chi connectivity index (χ3n) is 5.36. The number of aromatic nitrogens is 3. The van der Waals surface area contributed by atoms with E-state index in [1.165, 1.54) is 0 Å². The fraction of sp³-hybridized carbons (Fsp3) is 0.318. The molecule has 0 saturated heterocycles. The first-order valence-electron chi connectivity index (χ1n) is 10.4. The number of nitrogens with zero attached hydrogens (tertiary/aromatic N) is 1. The number of benzene rings is 1. The summed E-state index contributed by atoms with van der Waals surface area (Å²) in [5.41, 5.74) is 8.77. The molecule has 0 aliphatic carbocycles. The minimum Gasteiger partial charge on any atom is -0.481 e. The van der Waals surface area contributed by atoms with Crippen LogP contribution in [0.25, 0.3) is 11.0 Å². The number of aryl methyl sites for hydroxylation is 3. The van der Waals surface area contributed by atoms with Crippen LogP contribution in [0, 0.1) is 6.92 Å². The predicted molar refractivity (Wildman–Crippen MR) is 120 cm³/mol. The summed E-state index contributed by atoms with van der Waals surface area (Å²) in [6.07, 6.45) is 1.53. The average Bonchev–Trinajstić information content (AvgIpc) is 3.06. The average molecular weight is 455 g/mol. The van der Waals surface area contributed by atoms with Gasteiger partial charge in [0.2, 0.25) is 5.95 Å². The Morgan fingerprint density at radius 3 is 2.45 bits per heavy atom. The molecule has 1 atom stereocenters. The maximum absolute atomic E-state index is 12.3. The molecule has 0 bridgehead atoms. The smallest absolute Gasteiger partial charge is 0.326 e. The number of aromatic amines is 2. The predicted octanol–water partition coefficient (Wildman–Crippen LogP) is 1.36. The zero-order valence-corrected chi connectivity index (χ0v) is 18.0. The van der Waals surface area contributed by atoms with Crippen molar-refractivity contribution in [2.24, 2.45) is 0 Å². The van der Waals surface area contributed by atoms with Crippen molar-refractivity contribution >= 4 is 34.8 Å². The van der Waals surface area contributed by atoms with Gasteiger partial charge in [0.25, 0.3) is 11.5 Å². The minimum absolute atomic E-state index is 0.0565. The van der Waals surface area contributed by atoms with Gasteiger partial charge in [0.15, 0.2) is 0 Å². The highest BCUT2D eigenvalue weighted by Gasteiger charge is 2.21. The van der Waals surface area contributed by atoms with Gasteiger partial charge < -0.3 is 26.2 Å². The Labute approximate surface area is 188 Å². The van der Waals surface area contributed by atoms with Gasteiger partial charge in [-0.1, -0.05) is 12.1 Å². The summed E-state index contributed by atoms with van der Waals surface area (Å²) >= 11 is 0. The van der Waals surface area contributed by atoms with E-state index in [9.17, 15) is 24.3 Å². The first kappa shape index (κ1) is 23.5. The van der Waals surface area contributed by atoms with Gasteiger partial charge in [0, 0.05) is 17.7 Å². The number of nitrogens with one attached hydrogen (secondary N) is 3. The van der Waals surface area contributed by atoms with Crippen molar-refractivity contribution in [1.29, 1.82) is 0 Å². The topological polar surface area (TPSA) is 191 Å². The van der Waals surface area contributed by atoms with Gasteiger partial charge >= 0.3 is 11.9 Å². The molecule has 7 N–H and O–H groups in total. The number of rotatable bonds is 10. The quantitative estimate of drug-likeness (QED) is 0.264.